The third-order valence-electron chi connectivity index (χ3n) is 21.8. The molecule has 4 aromatic rings. The van der Waals surface area contributed by atoms with E-state index in [0.29, 0.717) is 41.8 Å². The number of aryl methyl sites for hydroxylation is 2. The first kappa shape index (κ1) is 43.7. The summed E-state index contributed by atoms with van der Waals surface area (Å²) in [6, 6.07) is 12.6. The molecular weight excluding hydrogens is 819 g/mol. The molecule has 9 heteroatoms. The van der Waals surface area contributed by atoms with Gasteiger partial charge in [-0.15, -0.1) is 0 Å². The van der Waals surface area contributed by atoms with Gasteiger partial charge in [-0.1, -0.05) is 19.9 Å². The highest BCUT2D eigenvalue weighted by atomic mass is 16.5. The molecule has 8 aliphatic carbocycles. The van der Waals surface area contributed by atoms with Gasteiger partial charge >= 0.3 is 0 Å². The summed E-state index contributed by atoms with van der Waals surface area (Å²) in [4.78, 5) is 30.1. The zero-order chi connectivity index (χ0) is 45.5. The van der Waals surface area contributed by atoms with Gasteiger partial charge in [0.1, 0.15) is 35.5 Å². The fourth-order valence-electron chi connectivity index (χ4n) is 18.7. The van der Waals surface area contributed by atoms with Crippen LogP contribution in [0, 0.1) is 95.7 Å². The Labute approximate surface area is 392 Å². The molecule has 8 fully saturated rings. The topological polar surface area (TPSA) is 112 Å². The molecule has 2 aromatic carbocycles. The minimum atomic E-state index is -0.479. The fourth-order valence-corrected chi connectivity index (χ4v) is 18.7. The van der Waals surface area contributed by atoms with Crippen LogP contribution in [-0.2, 0) is 22.7 Å². The van der Waals surface area contributed by atoms with Gasteiger partial charge in [-0.2, -0.15) is 20.1 Å². The van der Waals surface area contributed by atoms with Crippen LogP contribution in [0.25, 0.3) is 21.9 Å². The second-order valence-electron chi connectivity index (χ2n) is 25.3. The Morgan fingerprint density at radius 3 is 1.89 bits per heavy atom. The molecule has 0 bridgehead atoms. The highest BCUT2D eigenvalue weighted by Gasteiger charge is 2.61. The first-order valence-electron chi connectivity index (χ1n) is 26.8. The van der Waals surface area contributed by atoms with Crippen LogP contribution >= 0.6 is 0 Å². The van der Waals surface area contributed by atoms with Gasteiger partial charge in [0.05, 0.1) is 11.1 Å². The number of nitrogens with zero attached hydrogens (tertiary/aromatic N) is 5. The highest BCUT2D eigenvalue weighted by molar-refractivity contribution is 5.86. The van der Waals surface area contributed by atoms with Gasteiger partial charge in [-0.05, 0) is 243 Å². The van der Waals surface area contributed by atoms with E-state index >= 15 is 0 Å². The summed E-state index contributed by atoms with van der Waals surface area (Å²) in [5.41, 5.74) is 4.37. The number of Topliss-reactive ketones (excluding diaryl/α,β-unsaturated/α-hetero) is 2. The number of hydrogen-bond acceptors (Lipinski definition) is 7. The molecule has 0 aliphatic heterocycles. The van der Waals surface area contributed by atoms with Crippen molar-refractivity contribution >= 4 is 33.5 Å². The average molecular weight is 896 g/mol. The molecule has 354 valence electrons. The number of carbonyl (C=O) groups excluding carboxylic acids is 2. The molecule has 16 unspecified atom stereocenters. The van der Waals surface area contributed by atoms with E-state index in [9.17, 15) is 14.7 Å². The van der Waals surface area contributed by atoms with E-state index in [1.54, 1.807) is 4.80 Å². The number of aliphatic hydroxyl groups is 1. The second-order valence-corrected chi connectivity index (χ2v) is 25.3. The van der Waals surface area contributed by atoms with Crippen LogP contribution in [0.2, 0.25) is 0 Å². The summed E-state index contributed by atoms with van der Waals surface area (Å²) in [6.07, 6.45) is 20.8. The van der Waals surface area contributed by atoms with Crippen molar-refractivity contribution in [2.24, 2.45) is 81.8 Å². The van der Waals surface area contributed by atoms with Crippen molar-refractivity contribution in [2.45, 2.75) is 181 Å². The molecule has 0 radical (unpaired) electrons. The van der Waals surface area contributed by atoms with E-state index in [4.69, 9.17) is 9.84 Å². The van der Waals surface area contributed by atoms with Crippen molar-refractivity contribution in [3.05, 3.63) is 47.7 Å². The minimum absolute atomic E-state index is 0.0781. The van der Waals surface area contributed by atoms with E-state index in [1.807, 2.05) is 10.7 Å². The number of rotatable bonds is 8. The fraction of sp³-hybridized carbons (Fsp3) is 0.737. The number of aromatic nitrogens is 5. The summed E-state index contributed by atoms with van der Waals surface area (Å²) < 4.78 is 9.03. The molecule has 66 heavy (non-hydrogen) atoms. The van der Waals surface area contributed by atoms with Crippen molar-refractivity contribution in [1.82, 2.24) is 24.8 Å². The molecule has 8 saturated carbocycles. The molecule has 16 atom stereocenters. The number of fused-ring (bicyclic) bond motifs is 12. The maximum Gasteiger partial charge on any atom is 0.159 e. The van der Waals surface area contributed by atoms with E-state index in [0.717, 1.165) is 119 Å². The predicted octanol–water partition coefficient (Wildman–Crippen LogP) is 11.7. The summed E-state index contributed by atoms with van der Waals surface area (Å²) in [6.45, 7) is 14.2. The molecule has 0 spiro atoms. The molecule has 1 N–H and O–H groups in total. The van der Waals surface area contributed by atoms with Crippen molar-refractivity contribution in [1.29, 1.82) is 0 Å². The number of benzene rings is 2. The molecule has 12 rings (SSSR count). The zero-order valence-corrected chi connectivity index (χ0v) is 40.9. The summed E-state index contributed by atoms with van der Waals surface area (Å²) in [5.74, 6) is 9.00. The van der Waals surface area contributed by atoms with Crippen LogP contribution in [0.1, 0.15) is 155 Å². The molecule has 2 heterocycles. The van der Waals surface area contributed by atoms with Crippen molar-refractivity contribution in [2.75, 3.05) is 0 Å². The Morgan fingerprint density at radius 1 is 0.606 bits per heavy atom. The van der Waals surface area contributed by atoms with Crippen LogP contribution in [0.3, 0.4) is 0 Å². The first-order chi connectivity index (χ1) is 31.6. The molecular formula is C57H77N5O4. The lowest BCUT2D eigenvalue weighted by Crippen LogP contribution is -2.52. The van der Waals surface area contributed by atoms with Crippen LogP contribution in [0.4, 0.5) is 0 Å². The van der Waals surface area contributed by atoms with Gasteiger partial charge in [0.15, 0.2) is 11.6 Å². The standard InChI is InChI=1S/C57H77N5O4/c1-33-7-18-49-51(27-33)60-62(59-49)32-53(64)48-17-15-46-44-12-9-36-30-55(4,24-20-40(36)42(44)22-26-57(46,48)6)66-37-10-13-38-34(2)61(58-50(38)28-37)31-52(63)47-16-14-45-43-11-8-35-29-54(3,65)23-19-39(35)41(43)21-25-56(45,47)5/h7,10,13,18,27-28,35-36,39-48,65H,8-9,11-12,14-17,19-26,29-32H2,1-6H3. The van der Waals surface area contributed by atoms with Gasteiger partial charge in [-0.25, -0.2) is 0 Å². The van der Waals surface area contributed by atoms with Crippen LogP contribution in [-0.4, -0.2) is 52.6 Å². The quantitative estimate of drug-likeness (QED) is 0.187. The van der Waals surface area contributed by atoms with Crippen molar-refractivity contribution < 1.29 is 19.4 Å². The second kappa shape index (κ2) is 15.7. The third-order valence-corrected chi connectivity index (χ3v) is 21.8. The molecule has 9 nitrogen and oxygen atoms in total. The lowest BCUT2D eigenvalue weighted by molar-refractivity contribution is -0.133. The van der Waals surface area contributed by atoms with Gasteiger partial charge in [0.25, 0.3) is 0 Å². The van der Waals surface area contributed by atoms with Crippen LogP contribution in [0.5, 0.6) is 5.75 Å². The Bertz CT molecular complexity index is 2560. The van der Waals surface area contributed by atoms with Crippen LogP contribution < -0.4 is 4.74 Å². The van der Waals surface area contributed by atoms with E-state index in [2.05, 4.69) is 82.1 Å². The van der Waals surface area contributed by atoms with E-state index < -0.39 is 5.60 Å². The smallest absolute Gasteiger partial charge is 0.159 e. The summed E-state index contributed by atoms with van der Waals surface area (Å²) >= 11 is 0. The first-order valence-corrected chi connectivity index (χ1v) is 26.8. The number of ketones is 2. The lowest BCUT2D eigenvalue weighted by atomic mass is 9.49. The lowest BCUT2D eigenvalue weighted by Gasteiger charge is -2.57. The van der Waals surface area contributed by atoms with Gasteiger partial charge in [0, 0.05) is 29.0 Å². The maximum atomic E-state index is 14.4. The number of carbonyl (C=O) groups is 2. The monoisotopic (exact) mass is 896 g/mol. The highest BCUT2D eigenvalue weighted by Crippen LogP contribution is 2.66. The zero-order valence-electron chi connectivity index (χ0n) is 40.9. The molecule has 8 aliphatic rings. The normalized spacial score (nSPS) is 42.8. The number of ether oxygens (including phenoxy) is 1. The summed E-state index contributed by atoms with van der Waals surface area (Å²) in [5, 5.41) is 26.4. The van der Waals surface area contributed by atoms with Crippen LogP contribution in [0.15, 0.2) is 36.4 Å². The number of hydrogen-bond donors (Lipinski definition) is 1. The van der Waals surface area contributed by atoms with Gasteiger partial charge < -0.3 is 9.84 Å². The Balaban J connectivity index is 0.673. The maximum absolute atomic E-state index is 14.4. The molecule has 0 saturated heterocycles. The van der Waals surface area contributed by atoms with E-state index in [1.165, 1.54) is 70.6 Å². The van der Waals surface area contributed by atoms with Crippen molar-refractivity contribution in [3.63, 3.8) is 0 Å². The average Bonchev–Trinajstić information content (AvgIpc) is 4.03. The molecule has 0 amide bonds. The minimum Gasteiger partial charge on any atom is -0.487 e. The predicted molar refractivity (Wildman–Crippen MR) is 258 cm³/mol. The summed E-state index contributed by atoms with van der Waals surface area (Å²) in [7, 11) is 0. The van der Waals surface area contributed by atoms with Crippen molar-refractivity contribution in [3.8, 4) is 5.75 Å². The molecule has 2 aromatic heterocycles. The Morgan fingerprint density at radius 2 is 1.21 bits per heavy atom. The SMILES string of the molecule is Cc1ccc2nn(CC(=O)C3CCC4C5CCC6CC(C)(Oc7ccc8c(C)n(CC(=O)C9CCC%10C%11CCC%12CC(C)(O)CCC%12C%11CCC9%10C)nc8c7)CCC6C5CCC34C)nc2c1. The van der Waals surface area contributed by atoms with E-state index in [-0.39, 0.29) is 34.8 Å². The Kier molecular flexibility index (Phi) is 10.4. The largest absolute Gasteiger partial charge is 0.487 e. The third kappa shape index (κ3) is 7.09. The van der Waals surface area contributed by atoms with Gasteiger partial charge in [-0.3, -0.25) is 14.3 Å². The Hall–Kier alpha value is -3.59. The van der Waals surface area contributed by atoms with Gasteiger partial charge in [0.2, 0.25) is 0 Å².